The van der Waals surface area contributed by atoms with E-state index in [1.165, 1.54) is 0 Å². The van der Waals surface area contributed by atoms with Gasteiger partial charge in [0.2, 0.25) is 0 Å². The van der Waals surface area contributed by atoms with Crippen molar-refractivity contribution in [3.8, 4) is 0 Å². The van der Waals surface area contributed by atoms with Gasteiger partial charge < -0.3 is 5.11 Å². The number of sulfonamides is 1. The Morgan fingerprint density at radius 2 is 2.24 bits per heavy atom. The van der Waals surface area contributed by atoms with Crippen molar-refractivity contribution in [2.75, 3.05) is 6.54 Å². The normalized spacial score (nSPS) is 23.3. The molecule has 8 nitrogen and oxygen atoms in total. The molecule has 2 heterocycles. The summed E-state index contributed by atoms with van der Waals surface area (Å²) in [6, 6.07) is -0.306. The van der Waals surface area contributed by atoms with Crippen LogP contribution in [0.25, 0.3) is 0 Å². The van der Waals surface area contributed by atoms with Gasteiger partial charge in [0.05, 0.1) is 4.92 Å². The number of aliphatic carboxylic acids is 1. The molecule has 116 valence electrons. The molecule has 0 bridgehead atoms. The summed E-state index contributed by atoms with van der Waals surface area (Å²) in [5.41, 5.74) is -0.501. The molecule has 0 aromatic carbocycles. The van der Waals surface area contributed by atoms with E-state index in [2.05, 4.69) is 0 Å². The van der Waals surface area contributed by atoms with Gasteiger partial charge in [-0.15, -0.1) is 11.3 Å². The Hall–Kier alpha value is -1.23. The molecule has 1 saturated heterocycles. The van der Waals surface area contributed by atoms with Gasteiger partial charge in [0.1, 0.15) is 10.3 Å². The molecule has 0 radical (unpaired) electrons. The fraction of sp³-hybridized carbons (Fsp3) is 0.500. The first-order valence-electron chi connectivity index (χ1n) is 5.84. The molecule has 1 aliphatic heterocycles. The molecule has 0 aliphatic carbocycles. The summed E-state index contributed by atoms with van der Waals surface area (Å²) in [5.74, 6) is -1.57. The van der Waals surface area contributed by atoms with E-state index < -0.39 is 32.6 Å². The molecule has 11 heteroatoms. The van der Waals surface area contributed by atoms with Crippen molar-refractivity contribution in [1.82, 2.24) is 4.31 Å². The van der Waals surface area contributed by atoms with E-state index in [0.717, 1.165) is 10.4 Å². The van der Waals surface area contributed by atoms with Crippen LogP contribution in [0.1, 0.15) is 13.3 Å². The highest BCUT2D eigenvalue weighted by molar-refractivity contribution is 7.91. The Bertz CT molecular complexity index is 700. The minimum Gasteiger partial charge on any atom is -0.480 e. The first kappa shape index (κ1) is 16.1. The number of halogens is 1. The minimum absolute atomic E-state index is 0.0593. The third-order valence-corrected chi connectivity index (χ3v) is 6.98. The van der Waals surface area contributed by atoms with Gasteiger partial charge in [-0.3, -0.25) is 14.9 Å². The number of hydrogen-bond donors (Lipinski definition) is 1. The fourth-order valence-corrected chi connectivity index (χ4v) is 5.74. The Balaban J connectivity index is 2.45. The molecule has 1 aliphatic rings. The fourth-order valence-electron chi connectivity index (χ4n) is 2.25. The molecule has 1 aromatic heterocycles. The highest BCUT2D eigenvalue weighted by atomic mass is 35.5. The molecule has 0 amide bonds. The van der Waals surface area contributed by atoms with Crippen LogP contribution in [-0.2, 0) is 14.8 Å². The van der Waals surface area contributed by atoms with Gasteiger partial charge in [-0.2, -0.15) is 4.31 Å². The molecule has 1 fully saturated rings. The first-order valence-corrected chi connectivity index (χ1v) is 8.48. The standard InChI is InChI=1S/C10H11ClN2O6S2/c1-5-2-3-12(8(5)10(14)15)21(18,19)7-4-6(13(16)17)9(11)20-7/h4-5,8H,2-3H2,1H3,(H,14,15). The average Bonchev–Trinajstić information content (AvgIpc) is 2.92. The maximum Gasteiger partial charge on any atom is 0.322 e. The molecule has 2 rings (SSSR count). The summed E-state index contributed by atoms with van der Waals surface area (Å²) in [4.78, 5) is 21.2. The third-order valence-electron chi connectivity index (χ3n) is 3.31. The average molecular weight is 355 g/mol. The van der Waals surface area contributed by atoms with E-state index in [-0.39, 0.29) is 21.0 Å². The van der Waals surface area contributed by atoms with Crippen LogP contribution in [0.2, 0.25) is 4.34 Å². The van der Waals surface area contributed by atoms with Crippen LogP contribution in [0.4, 0.5) is 5.69 Å². The molecular formula is C10H11ClN2O6S2. The predicted octanol–water partition coefficient (Wildman–Crippen LogP) is 1.79. The maximum absolute atomic E-state index is 12.5. The summed E-state index contributed by atoms with van der Waals surface area (Å²) in [6.45, 7) is 1.71. The van der Waals surface area contributed by atoms with Crippen LogP contribution < -0.4 is 0 Å². The molecule has 2 atom stereocenters. The van der Waals surface area contributed by atoms with Gasteiger partial charge in [-0.25, -0.2) is 8.42 Å². The predicted molar refractivity (Wildman–Crippen MR) is 75.1 cm³/mol. The lowest BCUT2D eigenvalue weighted by molar-refractivity contribution is -0.384. The number of thiophene rings is 1. The van der Waals surface area contributed by atoms with Gasteiger partial charge in [0.25, 0.3) is 15.7 Å². The lowest BCUT2D eigenvalue weighted by atomic mass is 10.0. The van der Waals surface area contributed by atoms with Crippen LogP contribution in [0.15, 0.2) is 10.3 Å². The zero-order valence-corrected chi connectivity index (χ0v) is 13.1. The van der Waals surface area contributed by atoms with Crippen LogP contribution in [-0.4, -0.2) is 41.3 Å². The number of rotatable bonds is 4. The monoisotopic (exact) mass is 354 g/mol. The van der Waals surface area contributed by atoms with Crippen molar-refractivity contribution in [3.05, 3.63) is 20.5 Å². The zero-order valence-electron chi connectivity index (χ0n) is 10.7. The van der Waals surface area contributed by atoms with Crippen LogP contribution in [0, 0.1) is 16.0 Å². The number of carbonyl (C=O) groups is 1. The van der Waals surface area contributed by atoms with Gasteiger partial charge in [0.15, 0.2) is 4.34 Å². The molecule has 1 aromatic rings. The second kappa shape index (κ2) is 5.52. The Labute approximate surface area is 129 Å². The topological polar surface area (TPSA) is 118 Å². The highest BCUT2D eigenvalue weighted by Crippen LogP contribution is 2.39. The molecule has 21 heavy (non-hydrogen) atoms. The number of carboxylic acids is 1. The van der Waals surface area contributed by atoms with Crippen molar-refractivity contribution in [3.63, 3.8) is 0 Å². The second-order valence-electron chi connectivity index (χ2n) is 4.65. The highest BCUT2D eigenvalue weighted by Gasteiger charge is 2.45. The lowest BCUT2D eigenvalue weighted by Crippen LogP contribution is -2.42. The second-order valence-corrected chi connectivity index (χ2v) is 8.42. The van der Waals surface area contributed by atoms with E-state index in [4.69, 9.17) is 11.6 Å². The van der Waals surface area contributed by atoms with Crippen LogP contribution in [0.3, 0.4) is 0 Å². The molecule has 0 spiro atoms. The summed E-state index contributed by atoms with van der Waals surface area (Å²) in [7, 11) is -4.12. The van der Waals surface area contributed by atoms with Gasteiger partial charge >= 0.3 is 5.97 Å². The number of hydrogen-bond acceptors (Lipinski definition) is 6. The third kappa shape index (κ3) is 2.76. The minimum atomic E-state index is -4.12. The smallest absolute Gasteiger partial charge is 0.322 e. The summed E-state index contributed by atoms with van der Waals surface area (Å²) in [5, 5.41) is 19.9. The van der Waals surface area contributed by atoms with Gasteiger partial charge in [-0.05, 0) is 12.3 Å². The largest absolute Gasteiger partial charge is 0.480 e. The summed E-state index contributed by atoms with van der Waals surface area (Å²) < 4.78 is 25.2. The van der Waals surface area contributed by atoms with E-state index in [1.54, 1.807) is 6.92 Å². The lowest BCUT2D eigenvalue weighted by Gasteiger charge is -2.21. The van der Waals surface area contributed by atoms with Crippen LogP contribution in [0.5, 0.6) is 0 Å². The number of nitro groups is 1. The Kier molecular flexibility index (Phi) is 4.24. The van der Waals surface area contributed by atoms with Crippen molar-refractivity contribution in [1.29, 1.82) is 0 Å². The first-order chi connectivity index (χ1) is 9.66. The summed E-state index contributed by atoms with van der Waals surface area (Å²) >= 11 is 6.21. The Morgan fingerprint density at radius 1 is 1.62 bits per heavy atom. The molecular weight excluding hydrogens is 344 g/mol. The molecule has 2 unspecified atom stereocenters. The van der Waals surface area contributed by atoms with Crippen molar-refractivity contribution in [2.45, 2.75) is 23.6 Å². The SMILES string of the molecule is CC1CCN(S(=O)(=O)c2cc([N+](=O)[O-])c(Cl)s2)C1C(=O)O. The van der Waals surface area contributed by atoms with Crippen molar-refractivity contribution < 1.29 is 23.2 Å². The van der Waals surface area contributed by atoms with Crippen molar-refractivity contribution in [2.24, 2.45) is 5.92 Å². The van der Waals surface area contributed by atoms with E-state index in [9.17, 15) is 28.4 Å². The summed E-state index contributed by atoms with van der Waals surface area (Å²) in [6.07, 6.45) is 0.414. The molecule has 0 saturated carbocycles. The van der Waals surface area contributed by atoms with Gasteiger partial charge in [-0.1, -0.05) is 18.5 Å². The van der Waals surface area contributed by atoms with Crippen molar-refractivity contribution >= 4 is 44.6 Å². The number of nitrogens with zero attached hydrogens (tertiary/aromatic N) is 2. The zero-order chi connectivity index (χ0) is 15.9. The number of carboxylic acid groups (broad SMARTS) is 1. The quantitative estimate of drug-likeness (QED) is 0.650. The van der Waals surface area contributed by atoms with E-state index >= 15 is 0 Å². The van der Waals surface area contributed by atoms with E-state index in [0.29, 0.717) is 17.8 Å². The van der Waals surface area contributed by atoms with Gasteiger partial charge in [0, 0.05) is 12.6 Å². The Morgan fingerprint density at radius 3 is 2.71 bits per heavy atom. The molecule has 1 N–H and O–H groups in total. The van der Waals surface area contributed by atoms with E-state index in [1.807, 2.05) is 0 Å². The van der Waals surface area contributed by atoms with Crippen LogP contribution >= 0.6 is 22.9 Å². The maximum atomic E-state index is 12.5.